The van der Waals surface area contributed by atoms with E-state index in [1.807, 2.05) is 0 Å². The van der Waals surface area contributed by atoms with E-state index in [0.717, 1.165) is 24.0 Å². The second-order valence-corrected chi connectivity index (χ2v) is 4.10. The minimum absolute atomic E-state index is 0.422. The van der Waals surface area contributed by atoms with Gasteiger partial charge in [0.25, 0.3) is 0 Å². The Morgan fingerprint density at radius 2 is 2.25 bits per heavy atom. The molecule has 1 heterocycles. The normalized spacial score (nSPS) is 14.5. The molecule has 4 nitrogen and oxygen atoms in total. The van der Waals surface area contributed by atoms with Crippen molar-refractivity contribution >= 4 is 5.82 Å². The van der Waals surface area contributed by atoms with Crippen molar-refractivity contribution in [2.75, 3.05) is 18.0 Å². The minimum atomic E-state index is 0.422. The van der Waals surface area contributed by atoms with E-state index >= 15 is 0 Å². The van der Waals surface area contributed by atoms with E-state index in [1.165, 1.54) is 12.8 Å². The summed E-state index contributed by atoms with van der Waals surface area (Å²) in [6, 6.07) is 0. The van der Waals surface area contributed by atoms with Gasteiger partial charge in [-0.05, 0) is 18.8 Å². The average Bonchev–Trinajstić information content (AvgIpc) is 3.13. The average molecular weight is 216 g/mol. The summed E-state index contributed by atoms with van der Waals surface area (Å²) < 4.78 is 0. The van der Waals surface area contributed by atoms with Crippen LogP contribution in [0.3, 0.4) is 0 Å². The first-order valence-corrected chi connectivity index (χ1v) is 5.53. The molecule has 16 heavy (non-hydrogen) atoms. The van der Waals surface area contributed by atoms with Crippen molar-refractivity contribution in [1.82, 2.24) is 9.97 Å². The van der Waals surface area contributed by atoms with Gasteiger partial charge in [0, 0.05) is 13.1 Å². The fraction of sp³-hybridized carbons (Fsp3) is 0.500. The molecule has 0 amide bonds. The summed E-state index contributed by atoms with van der Waals surface area (Å²) >= 11 is 0. The van der Waals surface area contributed by atoms with Gasteiger partial charge in [-0.2, -0.15) is 0 Å². The predicted octanol–water partition coefficient (Wildman–Crippen LogP) is 0.785. The molecule has 0 atom stereocenters. The van der Waals surface area contributed by atoms with Gasteiger partial charge in [0.15, 0.2) is 0 Å². The molecule has 1 aromatic heterocycles. The van der Waals surface area contributed by atoms with Crippen molar-refractivity contribution in [3.05, 3.63) is 18.1 Å². The van der Waals surface area contributed by atoms with Crippen LogP contribution in [0.15, 0.2) is 12.4 Å². The maximum atomic E-state index is 5.48. The fourth-order valence-electron chi connectivity index (χ4n) is 1.58. The minimum Gasteiger partial charge on any atom is -0.344 e. The van der Waals surface area contributed by atoms with Crippen LogP contribution in [0.5, 0.6) is 0 Å². The Bertz CT molecular complexity index is 375. The van der Waals surface area contributed by atoms with E-state index in [1.54, 1.807) is 12.4 Å². The fourth-order valence-corrected chi connectivity index (χ4v) is 1.58. The molecule has 1 aliphatic carbocycles. The molecule has 84 valence electrons. The Morgan fingerprint density at radius 3 is 2.75 bits per heavy atom. The second kappa shape index (κ2) is 4.95. The van der Waals surface area contributed by atoms with Crippen LogP contribution < -0.4 is 10.6 Å². The SMILES string of the molecule is C#CCN(CC1CC1)c1cnc(CN)cn1. The van der Waals surface area contributed by atoms with Crippen LogP contribution in [0.1, 0.15) is 18.5 Å². The van der Waals surface area contributed by atoms with Crippen LogP contribution in [0, 0.1) is 18.3 Å². The van der Waals surface area contributed by atoms with Crippen LogP contribution in [0.2, 0.25) is 0 Å². The summed E-state index contributed by atoms with van der Waals surface area (Å²) in [5, 5.41) is 0. The molecule has 2 N–H and O–H groups in total. The van der Waals surface area contributed by atoms with Crippen molar-refractivity contribution in [2.24, 2.45) is 11.7 Å². The van der Waals surface area contributed by atoms with Gasteiger partial charge in [-0.15, -0.1) is 6.42 Å². The summed E-state index contributed by atoms with van der Waals surface area (Å²) in [6.07, 6.45) is 11.4. The van der Waals surface area contributed by atoms with E-state index in [0.29, 0.717) is 13.1 Å². The third-order valence-electron chi connectivity index (χ3n) is 2.68. The lowest BCUT2D eigenvalue weighted by molar-refractivity contribution is 0.750. The molecule has 0 saturated heterocycles. The number of hydrogen-bond donors (Lipinski definition) is 1. The summed E-state index contributed by atoms with van der Waals surface area (Å²) in [5.41, 5.74) is 6.28. The van der Waals surface area contributed by atoms with Gasteiger partial charge in [-0.1, -0.05) is 5.92 Å². The summed E-state index contributed by atoms with van der Waals surface area (Å²) in [7, 11) is 0. The van der Waals surface area contributed by atoms with Gasteiger partial charge in [-0.3, -0.25) is 4.98 Å². The maximum absolute atomic E-state index is 5.48. The number of rotatable bonds is 5. The first-order chi connectivity index (χ1) is 7.83. The molecule has 1 aliphatic rings. The largest absolute Gasteiger partial charge is 0.344 e. The molecule has 0 bridgehead atoms. The van der Waals surface area contributed by atoms with Crippen LogP contribution in [-0.4, -0.2) is 23.1 Å². The maximum Gasteiger partial charge on any atom is 0.147 e. The Morgan fingerprint density at radius 1 is 1.44 bits per heavy atom. The van der Waals surface area contributed by atoms with Crippen molar-refractivity contribution in [2.45, 2.75) is 19.4 Å². The third-order valence-corrected chi connectivity index (χ3v) is 2.68. The molecule has 0 aliphatic heterocycles. The smallest absolute Gasteiger partial charge is 0.147 e. The molecule has 0 radical (unpaired) electrons. The topological polar surface area (TPSA) is 55.0 Å². The van der Waals surface area contributed by atoms with Gasteiger partial charge < -0.3 is 10.6 Å². The summed E-state index contributed by atoms with van der Waals surface area (Å²) in [6.45, 7) is 2.00. The van der Waals surface area contributed by atoms with E-state index < -0.39 is 0 Å². The zero-order valence-corrected chi connectivity index (χ0v) is 9.26. The third kappa shape index (κ3) is 2.71. The summed E-state index contributed by atoms with van der Waals surface area (Å²) in [5.74, 6) is 4.29. The van der Waals surface area contributed by atoms with Gasteiger partial charge in [-0.25, -0.2) is 4.98 Å². The number of nitrogens with zero attached hydrogens (tertiary/aromatic N) is 3. The predicted molar refractivity (Wildman–Crippen MR) is 63.7 cm³/mol. The molecule has 0 spiro atoms. The zero-order chi connectivity index (χ0) is 11.4. The Hall–Kier alpha value is -1.60. The molecular formula is C12H16N4. The van der Waals surface area contributed by atoms with E-state index in [2.05, 4.69) is 20.8 Å². The van der Waals surface area contributed by atoms with Crippen molar-refractivity contribution < 1.29 is 0 Å². The van der Waals surface area contributed by atoms with Crippen molar-refractivity contribution in [3.8, 4) is 12.3 Å². The highest BCUT2D eigenvalue weighted by atomic mass is 15.2. The molecule has 4 heteroatoms. The summed E-state index contributed by atoms with van der Waals surface area (Å²) in [4.78, 5) is 10.7. The number of terminal acetylenes is 1. The molecule has 1 saturated carbocycles. The highest BCUT2D eigenvalue weighted by Crippen LogP contribution is 2.30. The molecule has 2 rings (SSSR count). The van der Waals surface area contributed by atoms with Crippen molar-refractivity contribution in [1.29, 1.82) is 0 Å². The second-order valence-electron chi connectivity index (χ2n) is 4.10. The lowest BCUT2D eigenvalue weighted by Crippen LogP contribution is -2.27. The van der Waals surface area contributed by atoms with Crippen LogP contribution in [0.25, 0.3) is 0 Å². The first kappa shape index (κ1) is 10.9. The van der Waals surface area contributed by atoms with Gasteiger partial charge in [0.05, 0.1) is 24.6 Å². The molecular weight excluding hydrogens is 200 g/mol. The standard InChI is InChI=1S/C12H16N4/c1-2-5-16(9-10-3-4-10)12-8-14-11(6-13)7-15-12/h1,7-8,10H,3-6,9,13H2. The number of aromatic nitrogens is 2. The number of anilines is 1. The zero-order valence-electron chi connectivity index (χ0n) is 9.26. The van der Waals surface area contributed by atoms with Gasteiger partial charge in [0.1, 0.15) is 5.82 Å². The lowest BCUT2D eigenvalue weighted by atomic mass is 10.3. The number of hydrogen-bond acceptors (Lipinski definition) is 4. The Balaban J connectivity index is 2.07. The van der Waals surface area contributed by atoms with Crippen LogP contribution in [0.4, 0.5) is 5.82 Å². The molecule has 1 aromatic rings. The van der Waals surface area contributed by atoms with E-state index in [9.17, 15) is 0 Å². The van der Waals surface area contributed by atoms with Crippen molar-refractivity contribution in [3.63, 3.8) is 0 Å². The molecule has 1 fully saturated rings. The Labute approximate surface area is 95.9 Å². The van der Waals surface area contributed by atoms with Gasteiger partial charge >= 0.3 is 0 Å². The molecule has 0 unspecified atom stereocenters. The Kier molecular flexibility index (Phi) is 3.37. The van der Waals surface area contributed by atoms with E-state index in [-0.39, 0.29) is 0 Å². The monoisotopic (exact) mass is 216 g/mol. The lowest BCUT2D eigenvalue weighted by Gasteiger charge is -2.20. The first-order valence-electron chi connectivity index (χ1n) is 5.53. The highest BCUT2D eigenvalue weighted by Gasteiger charge is 2.24. The highest BCUT2D eigenvalue weighted by molar-refractivity contribution is 5.38. The van der Waals surface area contributed by atoms with Gasteiger partial charge in [0.2, 0.25) is 0 Å². The quantitative estimate of drug-likeness (QED) is 0.739. The van der Waals surface area contributed by atoms with Crippen LogP contribution in [-0.2, 0) is 6.54 Å². The molecule has 0 aromatic carbocycles. The number of nitrogens with two attached hydrogens (primary N) is 1. The van der Waals surface area contributed by atoms with E-state index in [4.69, 9.17) is 12.2 Å². The van der Waals surface area contributed by atoms with Crippen LogP contribution >= 0.6 is 0 Å².